The molecule has 1 saturated heterocycles. The number of halogens is 2. The highest BCUT2D eigenvalue weighted by Crippen LogP contribution is 2.29. The Hall–Kier alpha value is -2.89. The van der Waals surface area contributed by atoms with Gasteiger partial charge in [-0.15, -0.1) is 0 Å². The van der Waals surface area contributed by atoms with Crippen LogP contribution in [0.4, 0.5) is 0 Å². The summed E-state index contributed by atoms with van der Waals surface area (Å²) in [5.41, 5.74) is 0.0142. The van der Waals surface area contributed by atoms with Crippen molar-refractivity contribution in [3.63, 3.8) is 0 Å². The number of rotatable bonds is 7. The van der Waals surface area contributed by atoms with E-state index in [0.29, 0.717) is 5.02 Å². The van der Waals surface area contributed by atoms with Crippen molar-refractivity contribution in [2.45, 2.75) is 58.3 Å². The number of amides is 1. The average molecular weight is 520 g/mol. The van der Waals surface area contributed by atoms with Crippen LogP contribution in [0, 0.1) is 0 Å². The van der Waals surface area contributed by atoms with Gasteiger partial charge in [0.2, 0.25) is 6.29 Å². The molecule has 1 aliphatic rings. The SMILES string of the molecule is CC(=O)OC[C@@H]1O[C@@H](OC(C)=O)[C@@H](NC(=O)c2ccc(Cl)cc2Cl)[C@@H](OC(C)=O)[C@H]1OC(C)=O. The van der Waals surface area contributed by atoms with E-state index in [2.05, 4.69) is 5.32 Å². The standard InChI is InChI=1S/C21H23Cl2NO10/c1-9(25)30-8-16-18(31-10(2)26)19(32-11(3)27)17(21(34-16)33-12(4)28)24-20(29)14-6-5-13(22)7-15(14)23/h5-7,16-19,21H,8H2,1-4H3,(H,24,29)/t16-,17-,18-,19+,21+/m0/s1. The zero-order valence-electron chi connectivity index (χ0n) is 18.7. The van der Waals surface area contributed by atoms with Crippen LogP contribution in [0.15, 0.2) is 18.2 Å². The maximum Gasteiger partial charge on any atom is 0.305 e. The Morgan fingerprint density at radius 3 is 2.00 bits per heavy atom. The predicted molar refractivity (Wildman–Crippen MR) is 116 cm³/mol. The van der Waals surface area contributed by atoms with Gasteiger partial charge >= 0.3 is 23.9 Å². The first-order valence-corrected chi connectivity index (χ1v) is 10.7. The van der Waals surface area contributed by atoms with Gasteiger partial charge < -0.3 is 29.0 Å². The molecule has 2 rings (SSSR count). The molecular formula is C21H23Cl2NO10. The van der Waals surface area contributed by atoms with Crippen LogP contribution in [0.2, 0.25) is 10.0 Å². The normalized spacial score (nSPS) is 23.9. The zero-order chi connectivity index (χ0) is 25.6. The third-order valence-corrected chi connectivity index (χ3v) is 5.00. The van der Waals surface area contributed by atoms with Crippen molar-refractivity contribution in [3.8, 4) is 0 Å². The third-order valence-electron chi connectivity index (χ3n) is 4.46. The molecule has 1 N–H and O–H groups in total. The highest BCUT2D eigenvalue weighted by Gasteiger charge is 2.52. The zero-order valence-corrected chi connectivity index (χ0v) is 20.2. The summed E-state index contributed by atoms with van der Waals surface area (Å²) in [4.78, 5) is 59.7. The number of benzene rings is 1. The Morgan fingerprint density at radius 1 is 0.882 bits per heavy atom. The summed E-state index contributed by atoms with van der Waals surface area (Å²) >= 11 is 12.0. The molecule has 1 aliphatic heterocycles. The van der Waals surface area contributed by atoms with Crippen LogP contribution < -0.4 is 5.32 Å². The summed E-state index contributed by atoms with van der Waals surface area (Å²) in [7, 11) is 0. The number of ether oxygens (including phenoxy) is 5. The van der Waals surface area contributed by atoms with Crippen LogP contribution >= 0.6 is 23.2 Å². The van der Waals surface area contributed by atoms with Gasteiger partial charge in [-0.3, -0.25) is 24.0 Å². The third kappa shape index (κ3) is 7.57. The molecule has 186 valence electrons. The lowest BCUT2D eigenvalue weighted by molar-refractivity contribution is -0.270. The van der Waals surface area contributed by atoms with Crippen LogP contribution in [0.3, 0.4) is 0 Å². The summed E-state index contributed by atoms with van der Waals surface area (Å²) in [6.45, 7) is 4.02. The van der Waals surface area contributed by atoms with E-state index in [4.69, 9.17) is 46.9 Å². The first-order valence-electron chi connectivity index (χ1n) is 9.95. The summed E-state index contributed by atoms with van der Waals surface area (Å²) in [6.07, 6.45) is -5.44. The molecule has 1 aromatic carbocycles. The number of esters is 4. The van der Waals surface area contributed by atoms with Gasteiger partial charge in [-0.05, 0) is 18.2 Å². The summed E-state index contributed by atoms with van der Waals surface area (Å²) in [6, 6.07) is 2.80. The minimum atomic E-state index is -1.51. The van der Waals surface area contributed by atoms with Crippen molar-refractivity contribution in [2.24, 2.45) is 0 Å². The maximum absolute atomic E-state index is 13.0. The van der Waals surface area contributed by atoms with Crippen LogP contribution in [-0.2, 0) is 42.9 Å². The maximum atomic E-state index is 13.0. The molecule has 1 fully saturated rings. The second kappa shape index (κ2) is 12.0. The lowest BCUT2D eigenvalue weighted by atomic mass is 9.95. The second-order valence-electron chi connectivity index (χ2n) is 7.23. The van der Waals surface area contributed by atoms with Crippen LogP contribution in [0.1, 0.15) is 38.1 Å². The fourth-order valence-corrected chi connectivity index (χ4v) is 3.72. The molecule has 0 spiro atoms. The molecule has 0 radical (unpaired) electrons. The number of carbonyl (C=O) groups is 5. The Morgan fingerprint density at radius 2 is 1.47 bits per heavy atom. The molecular weight excluding hydrogens is 497 g/mol. The van der Waals surface area contributed by atoms with E-state index in [1.54, 1.807) is 0 Å². The van der Waals surface area contributed by atoms with Crippen LogP contribution in [0.25, 0.3) is 0 Å². The number of hydrogen-bond donors (Lipinski definition) is 1. The monoisotopic (exact) mass is 519 g/mol. The van der Waals surface area contributed by atoms with Crippen molar-refractivity contribution < 1.29 is 47.7 Å². The number of carbonyl (C=O) groups excluding carboxylic acids is 5. The first kappa shape index (κ1) is 27.4. The second-order valence-corrected chi connectivity index (χ2v) is 8.07. The highest BCUT2D eigenvalue weighted by molar-refractivity contribution is 6.36. The van der Waals surface area contributed by atoms with Gasteiger partial charge in [-0.2, -0.15) is 0 Å². The first-order chi connectivity index (χ1) is 15.9. The van der Waals surface area contributed by atoms with Gasteiger partial charge in [0, 0.05) is 32.7 Å². The van der Waals surface area contributed by atoms with Crippen molar-refractivity contribution in [2.75, 3.05) is 6.61 Å². The lowest BCUT2D eigenvalue weighted by Crippen LogP contribution is -2.67. The van der Waals surface area contributed by atoms with E-state index in [0.717, 1.165) is 27.7 Å². The molecule has 11 nitrogen and oxygen atoms in total. The minimum absolute atomic E-state index is 0.0142. The van der Waals surface area contributed by atoms with Gasteiger partial charge in [0.25, 0.3) is 5.91 Å². The van der Waals surface area contributed by atoms with Gasteiger partial charge in [0.15, 0.2) is 12.2 Å². The molecule has 1 aromatic rings. The molecule has 0 bridgehead atoms. The lowest BCUT2D eigenvalue weighted by Gasteiger charge is -2.44. The van der Waals surface area contributed by atoms with Crippen molar-refractivity contribution in [3.05, 3.63) is 33.8 Å². The van der Waals surface area contributed by atoms with E-state index in [1.807, 2.05) is 0 Å². The molecule has 5 atom stereocenters. The van der Waals surface area contributed by atoms with E-state index < -0.39 is 67.0 Å². The molecule has 1 amide bonds. The van der Waals surface area contributed by atoms with E-state index in [-0.39, 0.29) is 10.6 Å². The van der Waals surface area contributed by atoms with Gasteiger partial charge in [-0.1, -0.05) is 23.2 Å². The molecule has 13 heteroatoms. The molecule has 0 saturated carbocycles. The molecule has 0 aromatic heterocycles. The number of nitrogens with one attached hydrogen (secondary N) is 1. The number of hydrogen-bond acceptors (Lipinski definition) is 10. The van der Waals surface area contributed by atoms with Gasteiger partial charge in [0.1, 0.15) is 18.8 Å². The van der Waals surface area contributed by atoms with Gasteiger partial charge in [-0.25, -0.2) is 0 Å². The Kier molecular flexibility index (Phi) is 9.66. The Balaban J connectivity index is 2.48. The van der Waals surface area contributed by atoms with Crippen LogP contribution in [0.5, 0.6) is 0 Å². The molecule has 0 aliphatic carbocycles. The Labute approximate surface area is 204 Å². The van der Waals surface area contributed by atoms with Crippen LogP contribution in [-0.4, -0.2) is 67.0 Å². The van der Waals surface area contributed by atoms with E-state index in [9.17, 15) is 24.0 Å². The van der Waals surface area contributed by atoms with Gasteiger partial charge in [0.05, 0.1) is 10.6 Å². The predicted octanol–water partition coefficient (Wildman–Crippen LogP) is 1.81. The van der Waals surface area contributed by atoms with Crippen molar-refractivity contribution >= 4 is 53.0 Å². The molecule has 0 unspecified atom stereocenters. The fraction of sp³-hybridized carbons (Fsp3) is 0.476. The largest absolute Gasteiger partial charge is 0.463 e. The minimum Gasteiger partial charge on any atom is -0.463 e. The fourth-order valence-electron chi connectivity index (χ4n) is 3.22. The van der Waals surface area contributed by atoms with Crippen molar-refractivity contribution in [1.29, 1.82) is 0 Å². The summed E-state index contributed by atoms with van der Waals surface area (Å²) in [5, 5.41) is 2.87. The summed E-state index contributed by atoms with van der Waals surface area (Å²) in [5.74, 6) is -3.75. The summed E-state index contributed by atoms with van der Waals surface area (Å²) < 4.78 is 26.5. The van der Waals surface area contributed by atoms with Crippen molar-refractivity contribution in [1.82, 2.24) is 5.32 Å². The topological polar surface area (TPSA) is 144 Å². The highest BCUT2D eigenvalue weighted by atomic mass is 35.5. The molecule has 1 heterocycles. The smallest absolute Gasteiger partial charge is 0.305 e. The Bertz CT molecular complexity index is 969. The average Bonchev–Trinajstić information content (AvgIpc) is 2.69. The van der Waals surface area contributed by atoms with E-state index in [1.165, 1.54) is 18.2 Å². The van der Waals surface area contributed by atoms with E-state index >= 15 is 0 Å². The molecule has 34 heavy (non-hydrogen) atoms. The quantitative estimate of drug-likeness (QED) is 0.418.